The van der Waals surface area contributed by atoms with Gasteiger partial charge in [0, 0.05) is 16.6 Å². The summed E-state index contributed by atoms with van der Waals surface area (Å²) < 4.78 is 4.85. The van der Waals surface area contributed by atoms with Gasteiger partial charge >= 0.3 is 5.97 Å². The number of hydrogen-bond donors (Lipinski definition) is 1. The summed E-state index contributed by atoms with van der Waals surface area (Å²) >= 11 is 12.0. The first-order chi connectivity index (χ1) is 19.2. The second kappa shape index (κ2) is 13.0. The van der Waals surface area contributed by atoms with Crippen LogP contribution in [0.15, 0.2) is 43.5 Å². The smallest absolute Gasteiger partial charge is 0.310 e. The summed E-state index contributed by atoms with van der Waals surface area (Å²) in [6.07, 6.45) is 6.91. The number of carbonyl (C=O) groups excluding carboxylic acids is 3. The Morgan fingerprint density at radius 3 is 2.73 bits per heavy atom. The van der Waals surface area contributed by atoms with E-state index in [4.69, 9.17) is 16.3 Å². The van der Waals surface area contributed by atoms with Crippen molar-refractivity contribution in [3.8, 4) is 0 Å². The molecule has 3 aliphatic heterocycles. The maximum atomic E-state index is 14.7. The van der Waals surface area contributed by atoms with E-state index in [1.165, 1.54) is 0 Å². The van der Waals surface area contributed by atoms with Crippen LogP contribution >= 0.6 is 39.3 Å². The number of nitrogens with zero attached hydrogens (tertiary/aromatic N) is 2. The maximum Gasteiger partial charge on any atom is 0.310 e. The lowest BCUT2D eigenvalue weighted by molar-refractivity contribution is -0.154. The van der Waals surface area contributed by atoms with E-state index in [9.17, 15) is 19.5 Å². The molecule has 1 N–H and O–H groups in total. The quantitative estimate of drug-likeness (QED) is 0.135. The van der Waals surface area contributed by atoms with Crippen molar-refractivity contribution in [3.05, 3.63) is 54.1 Å². The number of allylic oxidation sites excluding steroid dienone is 1. The number of carbonyl (C=O) groups is 3. The number of benzene rings is 1. The molecule has 7 atom stereocenters. The minimum Gasteiger partial charge on any atom is -0.465 e. The number of aliphatic hydroxyl groups excluding tert-OH is 1. The van der Waals surface area contributed by atoms with Crippen molar-refractivity contribution in [2.24, 2.45) is 11.8 Å². The minimum atomic E-state index is -0.891. The van der Waals surface area contributed by atoms with Crippen LogP contribution in [0.25, 0.3) is 0 Å². The molecular formula is C30H38BrClN2O5S. The number of amides is 2. The Bertz CT molecular complexity index is 1140. The largest absolute Gasteiger partial charge is 0.465 e. The zero-order valence-corrected chi connectivity index (χ0v) is 26.2. The van der Waals surface area contributed by atoms with E-state index in [2.05, 4.69) is 29.1 Å². The van der Waals surface area contributed by atoms with Gasteiger partial charge in [-0.15, -0.1) is 24.9 Å². The summed E-state index contributed by atoms with van der Waals surface area (Å²) in [5.74, 6) is -2.34. The standard InChI is InChI=1S/C30H38BrClN2O5S/c1-5-8-9-10-15-39-29(38)22-23-27(36)34(19(7-3)17-35)26(30(23)16-20(31)25(22)40-30)28(37)33(14-6-2)24-18(4)12-11-13-21(24)32/h5-6,11-13,19-20,22-23,25-26,35H,1-2,7-10,14-17H2,3-4H3/t19-,20?,22-,23-,25-,26?,30?/m0/s1. The summed E-state index contributed by atoms with van der Waals surface area (Å²) in [6.45, 7) is 11.5. The van der Waals surface area contributed by atoms with Crippen molar-refractivity contribution >= 4 is 62.8 Å². The first-order valence-corrected chi connectivity index (χ1v) is 16.1. The Balaban J connectivity index is 1.76. The van der Waals surface area contributed by atoms with Crippen LogP contribution in [0.2, 0.25) is 5.02 Å². The van der Waals surface area contributed by atoms with Gasteiger partial charge in [-0.05, 0) is 50.7 Å². The van der Waals surface area contributed by atoms with Gasteiger partial charge in [0.15, 0.2) is 0 Å². The lowest BCUT2D eigenvalue weighted by Crippen LogP contribution is -2.58. The molecule has 40 heavy (non-hydrogen) atoms. The predicted molar refractivity (Wildman–Crippen MR) is 164 cm³/mol. The molecule has 3 unspecified atom stereocenters. The number of fused-ring (bicyclic) bond motifs is 1. The van der Waals surface area contributed by atoms with Crippen molar-refractivity contribution in [1.82, 2.24) is 4.90 Å². The first-order valence-electron chi connectivity index (χ1n) is 13.9. The number of unbranched alkanes of at least 4 members (excludes halogenated alkanes) is 2. The molecule has 7 nitrogen and oxygen atoms in total. The zero-order valence-electron chi connectivity index (χ0n) is 23.1. The number of aliphatic hydroxyl groups is 1. The molecular weight excluding hydrogens is 616 g/mol. The van der Waals surface area contributed by atoms with Gasteiger partial charge in [0.05, 0.1) is 46.5 Å². The Kier molecular flexibility index (Phi) is 10.1. The van der Waals surface area contributed by atoms with Crippen molar-refractivity contribution in [2.75, 3.05) is 24.7 Å². The Morgan fingerprint density at radius 1 is 1.35 bits per heavy atom. The van der Waals surface area contributed by atoms with E-state index in [0.717, 1.165) is 18.4 Å². The minimum absolute atomic E-state index is 0.0702. The molecule has 4 rings (SSSR count). The van der Waals surface area contributed by atoms with Gasteiger partial charge in [-0.25, -0.2) is 0 Å². The molecule has 218 valence electrons. The van der Waals surface area contributed by atoms with Crippen molar-refractivity contribution in [2.45, 2.75) is 72.9 Å². The molecule has 0 aliphatic carbocycles. The summed E-state index contributed by atoms with van der Waals surface area (Å²) in [7, 11) is 0. The number of alkyl halides is 1. The van der Waals surface area contributed by atoms with E-state index >= 15 is 0 Å². The number of anilines is 1. The van der Waals surface area contributed by atoms with Crippen molar-refractivity contribution in [1.29, 1.82) is 0 Å². The number of halogens is 2. The fourth-order valence-corrected chi connectivity index (χ4v) is 10.5. The topological polar surface area (TPSA) is 87.1 Å². The molecule has 3 saturated heterocycles. The predicted octanol–water partition coefficient (Wildman–Crippen LogP) is 5.30. The van der Waals surface area contributed by atoms with Crippen LogP contribution in [-0.4, -0.2) is 74.5 Å². The van der Waals surface area contributed by atoms with Crippen LogP contribution in [0, 0.1) is 18.8 Å². The van der Waals surface area contributed by atoms with Crippen LogP contribution in [-0.2, 0) is 19.1 Å². The number of aryl methyl sites for hydroxylation is 1. The van der Waals surface area contributed by atoms with E-state index in [1.54, 1.807) is 33.7 Å². The maximum absolute atomic E-state index is 14.7. The molecule has 2 amide bonds. The Morgan fingerprint density at radius 2 is 2.10 bits per heavy atom. The number of hydrogen-bond acceptors (Lipinski definition) is 6. The SMILES string of the molecule is C=CCCCCOC(=O)[C@H]1[C@H]2C(=O)N([C@@H](CC)CO)C(C(=O)N(CC=C)c3c(C)cccc3Cl)C23CC(Br)[C@@H]1S3. The number of thioether (sulfide) groups is 1. The number of para-hydroxylation sites is 1. The van der Waals surface area contributed by atoms with Gasteiger partial charge in [-0.3, -0.25) is 14.4 Å². The van der Waals surface area contributed by atoms with Crippen molar-refractivity contribution in [3.63, 3.8) is 0 Å². The third-order valence-corrected chi connectivity index (χ3v) is 11.9. The molecule has 10 heteroatoms. The fraction of sp³-hybridized carbons (Fsp3) is 0.567. The molecule has 3 aliphatic rings. The lowest BCUT2D eigenvalue weighted by atomic mass is 9.71. The van der Waals surface area contributed by atoms with Crippen LogP contribution in [0.5, 0.6) is 0 Å². The average Bonchev–Trinajstić information content (AvgIpc) is 3.52. The monoisotopic (exact) mass is 652 g/mol. The number of likely N-dealkylation sites (tertiary alicyclic amines) is 1. The molecule has 0 aromatic heterocycles. The normalized spacial score (nSPS) is 29.3. The van der Waals surface area contributed by atoms with Gasteiger partial charge in [-0.2, -0.15) is 0 Å². The van der Waals surface area contributed by atoms with Crippen LogP contribution < -0.4 is 4.90 Å². The molecule has 1 aromatic rings. The number of rotatable bonds is 13. The van der Waals surface area contributed by atoms with Crippen molar-refractivity contribution < 1.29 is 24.2 Å². The molecule has 0 saturated carbocycles. The second-order valence-corrected chi connectivity index (χ2v) is 13.9. The van der Waals surface area contributed by atoms with Crippen LogP contribution in [0.4, 0.5) is 5.69 Å². The highest BCUT2D eigenvalue weighted by molar-refractivity contribution is 9.09. The van der Waals surface area contributed by atoms with Gasteiger partial charge in [-0.1, -0.05) is 58.7 Å². The molecule has 3 heterocycles. The molecule has 0 radical (unpaired) electrons. The third kappa shape index (κ3) is 5.27. The number of ether oxygens (including phenoxy) is 1. The van der Waals surface area contributed by atoms with Crippen LogP contribution in [0.1, 0.15) is 44.6 Å². The second-order valence-electron chi connectivity index (χ2n) is 10.7. The van der Waals surface area contributed by atoms with Crippen LogP contribution in [0.3, 0.4) is 0 Å². The molecule has 3 fully saturated rings. The highest BCUT2D eigenvalue weighted by Gasteiger charge is 2.76. The third-order valence-electron chi connectivity index (χ3n) is 8.39. The summed E-state index contributed by atoms with van der Waals surface area (Å²) in [4.78, 5) is 45.6. The van der Waals surface area contributed by atoms with E-state index in [1.807, 2.05) is 32.1 Å². The van der Waals surface area contributed by atoms with E-state index in [0.29, 0.717) is 30.0 Å². The lowest BCUT2D eigenvalue weighted by Gasteiger charge is -2.40. The Labute approximate surface area is 254 Å². The number of esters is 1. The zero-order chi connectivity index (χ0) is 29.2. The van der Waals surface area contributed by atoms with Gasteiger partial charge in [0.2, 0.25) is 5.91 Å². The summed E-state index contributed by atoms with van der Waals surface area (Å²) in [5.41, 5.74) is 1.39. The highest BCUT2D eigenvalue weighted by atomic mass is 79.9. The van der Waals surface area contributed by atoms with Gasteiger partial charge in [0.1, 0.15) is 6.04 Å². The Hall–Kier alpha value is -1.81. The first kappa shape index (κ1) is 31.1. The van der Waals surface area contributed by atoms with Gasteiger partial charge in [0.25, 0.3) is 5.91 Å². The summed E-state index contributed by atoms with van der Waals surface area (Å²) in [6, 6.07) is 3.99. The average molecular weight is 654 g/mol. The van der Waals surface area contributed by atoms with E-state index < -0.39 is 34.6 Å². The highest BCUT2D eigenvalue weighted by Crippen LogP contribution is 2.68. The molecule has 1 spiro atoms. The summed E-state index contributed by atoms with van der Waals surface area (Å²) in [5, 5.41) is 10.6. The molecule has 2 bridgehead atoms. The van der Waals surface area contributed by atoms with Gasteiger partial charge < -0.3 is 19.6 Å². The fourth-order valence-electron chi connectivity index (χ4n) is 6.62. The van der Waals surface area contributed by atoms with E-state index in [-0.39, 0.29) is 41.6 Å². The molecule has 1 aromatic carbocycles.